The lowest BCUT2D eigenvalue weighted by Gasteiger charge is -2.35. The number of rotatable bonds is 4. The maximum Gasteiger partial charge on any atom is 0.573 e. The van der Waals surface area contributed by atoms with E-state index in [1.807, 2.05) is 0 Å². The molecular formula is C18H19Cl3F4N2O. The smallest absolute Gasteiger partial charge is 0.406 e. The van der Waals surface area contributed by atoms with Gasteiger partial charge in [0.25, 0.3) is 0 Å². The molecule has 0 amide bonds. The van der Waals surface area contributed by atoms with E-state index in [2.05, 4.69) is 15.0 Å². The van der Waals surface area contributed by atoms with Gasteiger partial charge in [0, 0.05) is 26.2 Å². The van der Waals surface area contributed by atoms with Crippen molar-refractivity contribution in [3.05, 3.63) is 64.4 Å². The molecular weight excluding hydrogens is 443 g/mol. The highest BCUT2D eigenvalue weighted by molar-refractivity contribution is 6.30. The molecule has 10 heteroatoms. The summed E-state index contributed by atoms with van der Waals surface area (Å²) in [6.45, 7) is 3.09. The molecule has 1 aliphatic rings. The maximum absolute atomic E-state index is 13.5. The van der Waals surface area contributed by atoms with Crippen molar-refractivity contribution in [3.8, 4) is 5.75 Å². The van der Waals surface area contributed by atoms with Crippen molar-refractivity contribution in [1.82, 2.24) is 10.2 Å². The molecule has 0 aromatic heterocycles. The van der Waals surface area contributed by atoms with Crippen LogP contribution >= 0.6 is 36.4 Å². The van der Waals surface area contributed by atoms with E-state index >= 15 is 0 Å². The minimum atomic E-state index is -4.73. The Hall–Kier alpha value is -1.25. The molecule has 1 N–H and O–H groups in total. The van der Waals surface area contributed by atoms with Crippen LogP contribution in [0.2, 0.25) is 5.02 Å². The Morgan fingerprint density at radius 1 is 0.964 bits per heavy atom. The predicted molar refractivity (Wildman–Crippen MR) is 105 cm³/mol. The molecule has 0 unspecified atom stereocenters. The molecule has 0 saturated carbocycles. The van der Waals surface area contributed by atoms with Gasteiger partial charge in [0.05, 0.1) is 11.1 Å². The van der Waals surface area contributed by atoms with Crippen LogP contribution in [0.3, 0.4) is 0 Å². The molecule has 0 bridgehead atoms. The summed E-state index contributed by atoms with van der Waals surface area (Å²) in [7, 11) is 0. The van der Waals surface area contributed by atoms with Crippen molar-refractivity contribution in [2.24, 2.45) is 0 Å². The highest BCUT2D eigenvalue weighted by atomic mass is 35.5. The van der Waals surface area contributed by atoms with Crippen LogP contribution in [0.5, 0.6) is 5.75 Å². The van der Waals surface area contributed by atoms with Crippen molar-refractivity contribution in [2.45, 2.75) is 12.4 Å². The largest absolute Gasteiger partial charge is 0.573 e. The highest BCUT2D eigenvalue weighted by Crippen LogP contribution is 2.33. The average Bonchev–Trinajstić information content (AvgIpc) is 2.59. The number of hydrogen-bond acceptors (Lipinski definition) is 3. The molecule has 1 fully saturated rings. The first-order chi connectivity index (χ1) is 12.3. The second kappa shape index (κ2) is 10.5. The molecule has 3 rings (SSSR count). The summed E-state index contributed by atoms with van der Waals surface area (Å²) in [4.78, 5) is 2.18. The van der Waals surface area contributed by atoms with E-state index in [9.17, 15) is 17.6 Å². The Labute approximate surface area is 177 Å². The zero-order valence-electron chi connectivity index (χ0n) is 14.5. The quantitative estimate of drug-likeness (QED) is 0.632. The molecule has 2 aromatic carbocycles. The summed E-state index contributed by atoms with van der Waals surface area (Å²) in [6.07, 6.45) is -4.73. The number of nitrogens with zero attached hydrogens (tertiary/aromatic N) is 1. The third-order valence-corrected chi connectivity index (χ3v) is 4.50. The van der Waals surface area contributed by atoms with Gasteiger partial charge in [-0.05, 0) is 35.4 Å². The molecule has 0 aliphatic carbocycles. The fourth-order valence-electron chi connectivity index (χ4n) is 3.09. The van der Waals surface area contributed by atoms with E-state index in [0.717, 1.165) is 37.3 Å². The Balaban J connectivity index is 0.00000196. The van der Waals surface area contributed by atoms with Gasteiger partial charge in [-0.15, -0.1) is 38.0 Å². The number of alkyl halides is 3. The van der Waals surface area contributed by atoms with Gasteiger partial charge < -0.3 is 10.1 Å². The number of benzene rings is 2. The van der Waals surface area contributed by atoms with Gasteiger partial charge >= 0.3 is 6.36 Å². The van der Waals surface area contributed by atoms with E-state index in [-0.39, 0.29) is 41.6 Å². The normalized spacial score (nSPS) is 15.9. The molecule has 0 radical (unpaired) electrons. The van der Waals surface area contributed by atoms with E-state index in [1.165, 1.54) is 18.2 Å². The summed E-state index contributed by atoms with van der Waals surface area (Å²) in [6, 6.07) is 10.0. The summed E-state index contributed by atoms with van der Waals surface area (Å²) >= 11 is 5.93. The first kappa shape index (κ1) is 24.8. The van der Waals surface area contributed by atoms with Crippen LogP contribution < -0.4 is 10.1 Å². The van der Waals surface area contributed by atoms with Gasteiger partial charge in [0.1, 0.15) is 11.6 Å². The first-order valence-corrected chi connectivity index (χ1v) is 8.47. The standard InChI is InChI=1S/C18H17ClF4N2O.2ClH/c19-15-11-13(3-6-16(15)20)17(25-9-7-24-8-10-25)12-1-4-14(5-2-12)26-18(21,22)23;;/h1-6,11,17,24H,7-10H2;2*1H/t17-;;/m0../s1. The molecule has 0 spiro atoms. The van der Waals surface area contributed by atoms with Crippen molar-refractivity contribution in [2.75, 3.05) is 26.2 Å². The molecule has 156 valence electrons. The van der Waals surface area contributed by atoms with Crippen LogP contribution in [0.25, 0.3) is 0 Å². The summed E-state index contributed by atoms with van der Waals surface area (Å²) in [5, 5.41) is 3.27. The van der Waals surface area contributed by atoms with Gasteiger partial charge in [0.15, 0.2) is 0 Å². The minimum absolute atomic E-state index is 0. The highest BCUT2D eigenvalue weighted by Gasteiger charge is 2.31. The van der Waals surface area contributed by atoms with Crippen LogP contribution in [0.15, 0.2) is 42.5 Å². The van der Waals surface area contributed by atoms with Crippen LogP contribution in [0, 0.1) is 5.82 Å². The van der Waals surface area contributed by atoms with Crippen LogP contribution in [-0.2, 0) is 0 Å². The van der Waals surface area contributed by atoms with Gasteiger partial charge in [-0.2, -0.15) is 0 Å². The average molecular weight is 462 g/mol. The molecule has 2 aromatic rings. The molecule has 1 aliphatic heterocycles. The van der Waals surface area contributed by atoms with Crippen LogP contribution in [-0.4, -0.2) is 37.4 Å². The zero-order chi connectivity index (χ0) is 18.7. The fourth-order valence-corrected chi connectivity index (χ4v) is 3.28. The minimum Gasteiger partial charge on any atom is -0.406 e. The second-order valence-corrected chi connectivity index (χ2v) is 6.39. The number of nitrogens with one attached hydrogen (secondary N) is 1. The van der Waals surface area contributed by atoms with Gasteiger partial charge in [0.2, 0.25) is 0 Å². The number of hydrogen-bond donors (Lipinski definition) is 1. The Kier molecular flexibility index (Phi) is 9.30. The first-order valence-electron chi connectivity index (χ1n) is 8.09. The van der Waals surface area contributed by atoms with Gasteiger partial charge in [-0.25, -0.2) is 4.39 Å². The Morgan fingerprint density at radius 2 is 1.54 bits per heavy atom. The van der Waals surface area contributed by atoms with Gasteiger partial charge in [-0.1, -0.05) is 29.8 Å². The van der Waals surface area contributed by atoms with Crippen LogP contribution in [0.4, 0.5) is 17.6 Å². The number of ether oxygens (including phenoxy) is 1. The number of piperazine rings is 1. The van der Waals surface area contributed by atoms with Crippen molar-refractivity contribution >= 4 is 36.4 Å². The van der Waals surface area contributed by atoms with Crippen LogP contribution in [0.1, 0.15) is 17.2 Å². The van der Waals surface area contributed by atoms with E-state index in [4.69, 9.17) is 11.6 Å². The third kappa shape index (κ3) is 6.39. The topological polar surface area (TPSA) is 24.5 Å². The SMILES string of the molecule is Cl.Cl.Fc1ccc([C@H](c2ccc(OC(F)(F)F)cc2)N2CCNCC2)cc1Cl. The molecule has 1 saturated heterocycles. The molecule has 3 nitrogen and oxygen atoms in total. The lowest BCUT2D eigenvalue weighted by atomic mass is 9.96. The van der Waals surface area contributed by atoms with Crippen molar-refractivity contribution in [3.63, 3.8) is 0 Å². The summed E-state index contributed by atoms with van der Waals surface area (Å²) < 4.78 is 54.5. The van der Waals surface area contributed by atoms with Crippen molar-refractivity contribution in [1.29, 1.82) is 0 Å². The molecule has 28 heavy (non-hydrogen) atoms. The van der Waals surface area contributed by atoms with E-state index in [1.54, 1.807) is 24.3 Å². The fraction of sp³-hybridized carbons (Fsp3) is 0.333. The lowest BCUT2D eigenvalue weighted by molar-refractivity contribution is -0.274. The van der Waals surface area contributed by atoms with E-state index in [0.29, 0.717) is 0 Å². The van der Waals surface area contributed by atoms with Crippen molar-refractivity contribution < 1.29 is 22.3 Å². The second-order valence-electron chi connectivity index (χ2n) is 5.98. The Bertz CT molecular complexity index is 753. The van der Waals surface area contributed by atoms with Gasteiger partial charge in [-0.3, -0.25) is 4.90 Å². The predicted octanol–water partition coefficient (Wildman–Crippen LogP) is 5.22. The lowest BCUT2D eigenvalue weighted by Crippen LogP contribution is -2.45. The number of halogens is 7. The third-order valence-electron chi connectivity index (χ3n) is 4.21. The summed E-state index contributed by atoms with van der Waals surface area (Å²) in [5.74, 6) is -0.791. The van der Waals surface area contributed by atoms with E-state index < -0.39 is 12.2 Å². The Morgan fingerprint density at radius 3 is 2.07 bits per heavy atom. The zero-order valence-corrected chi connectivity index (χ0v) is 16.9. The molecule has 1 atom stereocenters. The monoisotopic (exact) mass is 460 g/mol. The maximum atomic E-state index is 13.5. The molecule has 1 heterocycles. The summed E-state index contributed by atoms with van der Waals surface area (Å²) in [5.41, 5.74) is 1.56.